The van der Waals surface area contributed by atoms with Gasteiger partial charge in [-0.15, -0.1) is 0 Å². The van der Waals surface area contributed by atoms with Crippen LogP contribution in [0.1, 0.15) is 45.4 Å². The quantitative estimate of drug-likeness (QED) is 0.811. The number of aliphatic hydroxyl groups is 1. The molecule has 2 saturated heterocycles. The molecule has 2 rings (SSSR count). The highest BCUT2D eigenvalue weighted by Crippen LogP contribution is 2.19. The molecule has 2 atom stereocenters. The summed E-state index contributed by atoms with van der Waals surface area (Å²) in [5.74, 6) is 0.469. The standard InChI is InChI=1S/C16H31N3O2/c1-14-5-2-3-9-18(14)11-8-17-16(21)19-10-4-6-15(13-19)7-12-20/h14-15,20H,2-13H2,1H3,(H,17,21)/t14-,15-/m0/s1. The number of nitrogens with zero attached hydrogens (tertiary/aromatic N) is 2. The molecule has 0 bridgehead atoms. The topological polar surface area (TPSA) is 55.8 Å². The fourth-order valence-corrected chi connectivity index (χ4v) is 3.58. The first-order valence-corrected chi connectivity index (χ1v) is 8.58. The summed E-state index contributed by atoms with van der Waals surface area (Å²) >= 11 is 0. The van der Waals surface area contributed by atoms with Gasteiger partial charge in [0.1, 0.15) is 0 Å². The van der Waals surface area contributed by atoms with Crippen LogP contribution in [0.2, 0.25) is 0 Å². The summed E-state index contributed by atoms with van der Waals surface area (Å²) in [6, 6.07) is 0.724. The van der Waals surface area contributed by atoms with Crippen molar-refractivity contribution in [1.29, 1.82) is 0 Å². The van der Waals surface area contributed by atoms with Crippen LogP contribution in [-0.2, 0) is 0 Å². The summed E-state index contributed by atoms with van der Waals surface area (Å²) in [5.41, 5.74) is 0. The third-order valence-corrected chi connectivity index (χ3v) is 4.96. The zero-order valence-electron chi connectivity index (χ0n) is 13.4. The van der Waals surface area contributed by atoms with Crippen molar-refractivity contribution in [2.75, 3.05) is 39.3 Å². The third kappa shape index (κ3) is 5.15. The first-order chi connectivity index (χ1) is 10.2. The Bertz CT molecular complexity index is 323. The Morgan fingerprint density at radius 1 is 1.24 bits per heavy atom. The van der Waals surface area contributed by atoms with Crippen LogP contribution in [0.15, 0.2) is 0 Å². The van der Waals surface area contributed by atoms with Gasteiger partial charge in [0, 0.05) is 38.8 Å². The van der Waals surface area contributed by atoms with Crippen molar-refractivity contribution in [3.63, 3.8) is 0 Å². The number of piperidine rings is 2. The van der Waals surface area contributed by atoms with E-state index in [0.717, 1.165) is 45.4 Å². The zero-order valence-corrected chi connectivity index (χ0v) is 13.4. The first-order valence-electron chi connectivity index (χ1n) is 8.58. The highest BCUT2D eigenvalue weighted by molar-refractivity contribution is 5.74. The summed E-state index contributed by atoms with van der Waals surface area (Å²) in [6.07, 6.45) is 6.91. The Hall–Kier alpha value is -0.810. The molecule has 2 fully saturated rings. The summed E-state index contributed by atoms with van der Waals surface area (Å²) < 4.78 is 0. The normalized spacial score (nSPS) is 27.6. The number of hydrogen-bond acceptors (Lipinski definition) is 3. The van der Waals surface area contributed by atoms with Crippen molar-refractivity contribution < 1.29 is 9.90 Å². The van der Waals surface area contributed by atoms with E-state index in [2.05, 4.69) is 17.1 Å². The van der Waals surface area contributed by atoms with Gasteiger partial charge >= 0.3 is 6.03 Å². The van der Waals surface area contributed by atoms with E-state index in [1.54, 1.807) is 0 Å². The van der Waals surface area contributed by atoms with Crippen LogP contribution in [0.25, 0.3) is 0 Å². The maximum atomic E-state index is 12.2. The van der Waals surface area contributed by atoms with E-state index in [1.807, 2.05) is 4.90 Å². The van der Waals surface area contributed by atoms with Crippen molar-refractivity contribution in [1.82, 2.24) is 15.1 Å². The molecule has 0 aliphatic carbocycles. The average molecular weight is 297 g/mol. The molecule has 2 N–H and O–H groups in total. The van der Waals surface area contributed by atoms with Gasteiger partial charge in [0.15, 0.2) is 0 Å². The van der Waals surface area contributed by atoms with Crippen molar-refractivity contribution in [3.05, 3.63) is 0 Å². The molecule has 0 aromatic heterocycles. The lowest BCUT2D eigenvalue weighted by Crippen LogP contribution is -2.48. The van der Waals surface area contributed by atoms with Crippen LogP contribution in [0, 0.1) is 5.92 Å². The lowest BCUT2D eigenvalue weighted by molar-refractivity contribution is 0.142. The van der Waals surface area contributed by atoms with Crippen LogP contribution >= 0.6 is 0 Å². The van der Waals surface area contributed by atoms with Gasteiger partial charge in [-0.3, -0.25) is 4.90 Å². The summed E-state index contributed by atoms with van der Waals surface area (Å²) in [5, 5.41) is 12.1. The van der Waals surface area contributed by atoms with Crippen LogP contribution in [0.5, 0.6) is 0 Å². The van der Waals surface area contributed by atoms with E-state index >= 15 is 0 Å². The molecule has 2 heterocycles. The Balaban J connectivity index is 1.66. The van der Waals surface area contributed by atoms with Gasteiger partial charge in [-0.1, -0.05) is 6.42 Å². The van der Waals surface area contributed by atoms with Gasteiger partial charge in [0.25, 0.3) is 0 Å². The van der Waals surface area contributed by atoms with Gasteiger partial charge in [0.05, 0.1) is 0 Å². The number of aliphatic hydroxyl groups excluding tert-OH is 1. The van der Waals surface area contributed by atoms with E-state index in [9.17, 15) is 4.79 Å². The number of hydrogen-bond donors (Lipinski definition) is 2. The minimum atomic E-state index is 0.0716. The predicted octanol–water partition coefficient (Wildman–Crippen LogP) is 1.66. The van der Waals surface area contributed by atoms with Crippen molar-refractivity contribution in [2.24, 2.45) is 5.92 Å². The molecule has 0 saturated carbocycles. The molecule has 0 aromatic carbocycles. The molecule has 5 heteroatoms. The molecule has 122 valence electrons. The maximum absolute atomic E-state index is 12.2. The number of carbonyl (C=O) groups is 1. The van der Waals surface area contributed by atoms with Gasteiger partial charge in [-0.05, 0) is 51.5 Å². The van der Waals surface area contributed by atoms with Crippen LogP contribution in [0.4, 0.5) is 4.79 Å². The predicted molar refractivity (Wildman–Crippen MR) is 84.3 cm³/mol. The molecule has 0 aromatic rings. The maximum Gasteiger partial charge on any atom is 0.317 e. The molecule has 2 aliphatic rings. The Labute approximate surface area is 128 Å². The zero-order chi connectivity index (χ0) is 15.1. The fraction of sp³-hybridized carbons (Fsp3) is 0.938. The van der Waals surface area contributed by atoms with E-state index in [-0.39, 0.29) is 12.6 Å². The van der Waals surface area contributed by atoms with Crippen LogP contribution < -0.4 is 5.32 Å². The van der Waals surface area contributed by atoms with E-state index in [4.69, 9.17) is 5.11 Å². The second kappa shape index (κ2) is 8.59. The first kappa shape index (κ1) is 16.6. The highest BCUT2D eigenvalue weighted by Gasteiger charge is 2.23. The summed E-state index contributed by atoms with van der Waals surface area (Å²) in [6.45, 7) is 7.03. The van der Waals surface area contributed by atoms with Crippen molar-refractivity contribution in [2.45, 2.75) is 51.5 Å². The van der Waals surface area contributed by atoms with Gasteiger partial charge in [-0.25, -0.2) is 4.79 Å². The number of likely N-dealkylation sites (tertiary alicyclic amines) is 2. The smallest absolute Gasteiger partial charge is 0.317 e. The summed E-state index contributed by atoms with van der Waals surface area (Å²) in [7, 11) is 0. The molecule has 2 aliphatic heterocycles. The minimum absolute atomic E-state index is 0.0716. The number of rotatable bonds is 5. The molecular formula is C16H31N3O2. The van der Waals surface area contributed by atoms with E-state index in [1.165, 1.54) is 25.8 Å². The lowest BCUT2D eigenvalue weighted by atomic mass is 9.95. The fourth-order valence-electron chi connectivity index (χ4n) is 3.58. The molecule has 5 nitrogen and oxygen atoms in total. The van der Waals surface area contributed by atoms with E-state index < -0.39 is 0 Å². The Morgan fingerprint density at radius 3 is 2.86 bits per heavy atom. The average Bonchev–Trinajstić information content (AvgIpc) is 2.50. The molecule has 0 spiro atoms. The third-order valence-electron chi connectivity index (χ3n) is 4.96. The Morgan fingerprint density at radius 2 is 2.10 bits per heavy atom. The lowest BCUT2D eigenvalue weighted by Gasteiger charge is -2.34. The van der Waals surface area contributed by atoms with E-state index in [0.29, 0.717) is 12.0 Å². The number of nitrogens with one attached hydrogen (secondary N) is 1. The van der Waals surface area contributed by atoms with Crippen molar-refractivity contribution >= 4 is 6.03 Å². The number of amides is 2. The van der Waals surface area contributed by atoms with Crippen molar-refractivity contribution in [3.8, 4) is 0 Å². The molecule has 0 unspecified atom stereocenters. The highest BCUT2D eigenvalue weighted by atomic mass is 16.3. The number of urea groups is 1. The van der Waals surface area contributed by atoms with Gasteiger partial charge in [0.2, 0.25) is 0 Å². The second-order valence-corrected chi connectivity index (χ2v) is 6.58. The van der Waals surface area contributed by atoms with Crippen LogP contribution in [-0.4, -0.2) is 66.3 Å². The molecule has 2 amide bonds. The monoisotopic (exact) mass is 297 g/mol. The Kier molecular flexibility index (Phi) is 6.77. The minimum Gasteiger partial charge on any atom is -0.396 e. The SMILES string of the molecule is C[C@H]1CCCCN1CCNC(=O)N1CCC[C@@H](CCO)C1. The number of carbonyl (C=O) groups excluding carboxylic acids is 1. The largest absolute Gasteiger partial charge is 0.396 e. The second-order valence-electron chi connectivity index (χ2n) is 6.58. The molecule has 21 heavy (non-hydrogen) atoms. The molecular weight excluding hydrogens is 266 g/mol. The van der Waals surface area contributed by atoms with Gasteiger partial charge < -0.3 is 15.3 Å². The van der Waals surface area contributed by atoms with Gasteiger partial charge in [-0.2, -0.15) is 0 Å². The molecule has 0 radical (unpaired) electrons. The van der Waals surface area contributed by atoms with Crippen LogP contribution in [0.3, 0.4) is 0 Å². The summed E-state index contributed by atoms with van der Waals surface area (Å²) in [4.78, 5) is 16.6.